The van der Waals surface area contributed by atoms with Gasteiger partial charge in [-0.05, 0) is 30.2 Å². The second kappa shape index (κ2) is 2.95. The molecule has 0 saturated carbocycles. The van der Waals surface area contributed by atoms with E-state index in [2.05, 4.69) is 10.9 Å². The third kappa shape index (κ3) is 1.54. The lowest BCUT2D eigenvalue weighted by molar-refractivity contribution is -0.110. The van der Waals surface area contributed by atoms with Gasteiger partial charge in [0.25, 0.3) is 0 Å². The minimum absolute atomic E-state index is 0.0154. The number of hydrogen-bond acceptors (Lipinski definition) is 2. The zero-order valence-corrected chi connectivity index (χ0v) is 5.66. The van der Waals surface area contributed by atoms with Crippen molar-refractivity contribution in [1.82, 2.24) is 0 Å². The zero-order valence-electron chi connectivity index (χ0n) is 5.66. The van der Waals surface area contributed by atoms with Gasteiger partial charge in [-0.3, -0.25) is 4.79 Å². The maximum Gasteiger partial charge on any atom is 0.178 e. The molecule has 10 heavy (non-hydrogen) atoms. The second-order valence-electron chi connectivity index (χ2n) is 1.86. The molecule has 50 valence electrons. The predicted octanol–water partition coefficient (Wildman–Crippen LogP) is 0.907. The lowest BCUT2D eigenvalue weighted by Crippen LogP contribution is -1.91. The maximum atomic E-state index is 10.6. The van der Waals surface area contributed by atoms with E-state index >= 15 is 0 Å². The van der Waals surface area contributed by atoms with E-state index < -0.39 is 0 Å². The topological polar surface area (TPSA) is 29.4 Å². The van der Waals surface area contributed by atoms with Gasteiger partial charge >= 0.3 is 0 Å². The Kier molecular flexibility index (Phi) is 1.98. The first kappa shape index (κ1) is 6.72. The van der Waals surface area contributed by atoms with Crippen LogP contribution in [0.1, 0.15) is 0 Å². The number of ketones is 1. The Hall–Kier alpha value is -1.40. The Morgan fingerprint density at radius 2 is 1.90 bits per heavy atom. The van der Waals surface area contributed by atoms with E-state index in [1.54, 1.807) is 19.2 Å². The summed E-state index contributed by atoms with van der Waals surface area (Å²) in [6.07, 6.45) is 6.37. The average Bonchev–Trinajstić information content (AvgIpc) is 1.95. The maximum absolute atomic E-state index is 10.6. The highest BCUT2D eigenvalue weighted by Gasteiger charge is 1.95. The minimum Gasteiger partial charge on any atom is -0.290 e. The molecule has 0 atom stereocenters. The van der Waals surface area contributed by atoms with Gasteiger partial charge in [-0.1, -0.05) is 0 Å². The Balaban J connectivity index is 2.91. The van der Waals surface area contributed by atoms with Gasteiger partial charge in [-0.2, -0.15) is 0 Å². The summed E-state index contributed by atoms with van der Waals surface area (Å²) in [5.74, 6) is 2.74. The van der Waals surface area contributed by atoms with E-state index in [1.165, 1.54) is 12.2 Å². The van der Waals surface area contributed by atoms with Gasteiger partial charge in [0.15, 0.2) is 5.78 Å². The fraction of sp³-hybridized carbons (Fsp3) is 0.125. The number of allylic oxidation sites excluding steroid dienone is 5. The number of carbonyl (C=O) groups excluding carboxylic acids is 1. The minimum atomic E-state index is 0.0154. The first-order chi connectivity index (χ1) is 4.83. The van der Waals surface area contributed by atoms with Crippen LogP contribution in [0.3, 0.4) is 0 Å². The number of hydrogen-bond donors (Lipinski definition) is 0. The van der Waals surface area contributed by atoms with Crippen molar-refractivity contribution in [2.24, 2.45) is 4.99 Å². The molecule has 0 spiro atoms. The number of carbonyl (C=O) groups is 1. The lowest BCUT2D eigenvalue weighted by Gasteiger charge is -1.92. The van der Waals surface area contributed by atoms with E-state index in [0.29, 0.717) is 0 Å². The molecule has 0 aromatic rings. The third-order valence-corrected chi connectivity index (χ3v) is 1.10. The Labute approximate surface area is 59.3 Å². The highest BCUT2D eigenvalue weighted by Crippen LogP contribution is 2.00. The molecule has 0 amide bonds. The standard InChI is InChI=1S/C8H7NO/c1-9-6-7-2-4-8(10)5-3-7/h2-5H,1H3. The molecule has 0 fully saturated rings. The van der Waals surface area contributed by atoms with E-state index in [-0.39, 0.29) is 5.78 Å². The van der Waals surface area contributed by atoms with Gasteiger partial charge in [0.2, 0.25) is 0 Å². The molecule has 0 N–H and O–H groups in total. The summed E-state index contributed by atoms with van der Waals surface area (Å²) in [4.78, 5) is 14.3. The molecular weight excluding hydrogens is 126 g/mol. The fourth-order valence-corrected chi connectivity index (χ4v) is 0.659. The molecule has 0 aromatic heterocycles. The molecule has 0 bridgehead atoms. The highest BCUT2D eigenvalue weighted by atomic mass is 16.1. The van der Waals surface area contributed by atoms with Crippen LogP contribution in [0.15, 0.2) is 34.9 Å². The van der Waals surface area contributed by atoms with Crippen LogP contribution in [0.25, 0.3) is 0 Å². The third-order valence-electron chi connectivity index (χ3n) is 1.10. The molecule has 0 aliphatic heterocycles. The molecule has 0 radical (unpaired) electrons. The Bertz CT molecular complexity index is 247. The predicted molar refractivity (Wildman–Crippen MR) is 40.2 cm³/mol. The summed E-state index contributed by atoms with van der Waals surface area (Å²) in [5.41, 5.74) is 0.835. The summed E-state index contributed by atoms with van der Waals surface area (Å²) < 4.78 is 0. The van der Waals surface area contributed by atoms with Crippen molar-refractivity contribution >= 4 is 11.7 Å². The monoisotopic (exact) mass is 133 g/mol. The van der Waals surface area contributed by atoms with E-state index in [4.69, 9.17) is 0 Å². The number of rotatable bonds is 0. The summed E-state index contributed by atoms with van der Waals surface area (Å²) >= 11 is 0. The number of nitrogens with zero attached hydrogens (tertiary/aromatic N) is 1. The largest absolute Gasteiger partial charge is 0.290 e. The van der Waals surface area contributed by atoms with Crippen LogP contribution in [0.5, 0.6) is 0 Å². The molecule has 1 aliphatic carbocycles. The lowest BCUT2D eigenvalue weighted by atomic mass is 10.1. The molecule has 0 unspecified atom stereocenters. The van der Waals surface area contributed by atoms with E-state index in [9.17, 15) is 4.79 Å². The first-order valence-corrected chi connectivity index (χ1v) is 2.95. The van der Waals surface area contributed by atoms with E-state index in [0.717, 1.165) is 5.57 Å². The van der Waals surface area contributed by atoms with Crippen molar-refractivity contribution in [2.45, 2.75) is 0 Å². The summed E-state index contributed by atoms with van der Waals surface area (Å²) in [5, 5.41) is 0. The van der Waals surface area contributed by atoms with Crippen molar-refractivity contribution in [3.05, 3.63) is 29.9 Å². The molecule has 0 heterocycles. The van der Waals surface area contributed by atoms with Crippen LogP contribution in [0, 0.1) is 0 Å². The second-order valence-corrected chi connectivity index (χ2v) is 1.86. The molecule has 2 heteroatoms. The molecule has 1 aliphatic rings. The average molecular weight is 133 g/mol. The van der Waals surface area contributed by atoms with Crippen LogP contribution >= 0.6 is 0 Å². The van der Waals surface area contributed by atoms with Crippen LogP contribution in [0.2, 0.25) is 0 Å². The quantitative estimate of drug-likeness (QED) is 0.451. The molecule has 2 nitrogen and oxygen atoms in total. The van der Waals surface area contributed by atoms with Crippen molar-refractivity contribution < 1.29 is 4.79 Å². The molecule has 1 rings (SSSR count). The van der Waals surface area contributed by atoms with Crippen LogP contribution < -0.4 is 0 Å². The Morgan fingerprint density at radius 1 is 1.30 bits per heavy atom. The van der Waals surface area contributed by atoms with Crippen LogP contribution in [-0.4, -0.2) is 18.7 Å². The van der Waals surface area contributed by atoms with Crippen molar-refractivity contribution in [3.8, 4) is 0 Å². The van der Waals surface area contributed by atoms with Gasteiger partial charge in [0.1, 0.15) is 0 Å². The van der Waals surface area contributed by atoms with Gasteiger partial charge in [0, 0.05) is 12.6 Å². The van der Waals surface area contributed by atoms with Gasteiger partial charge < -0.3 is 0 Å². The van der Waals surface area contributed by atoms with Crippen molar-refractivity contribution in [3.63, 3.8) is 0 Å². The summed E-state index contributed by atoms with van der Waals surface area (Å²) in [6.45, 7) is 0. The van der Waals surface area contributed by atoms with Crippen molar-refractivity contribution in [1.29, 1.82) is 0 Å². The van der Waals surface area contributed by atoms with E-state index in [1.807, 2.05) is 0 Å². The molecular formula is C8H7NO. The first-order valence-electron chi connectivity index (χ1n) is 2.95. The summed E-state index contributed by atoms with van der Waals surface area (Å²) in [7, 11) is 1.64. The molecule has 0 saturated heterocycles. The van der Waals surface area contributed by atoms with Gasteiger partial charge in [-0.15, -0.1) is 0 Å². The smallest absolute Gasteiger partial charge is 0.178 e. The highest BCUT2D eigenvalue weighted by molar-refractivity contribution is 6.02. The molecule has 0 aromatic carbocycles. The summed E-state index contributed by atoms with van der Waals surface area (Å²) in [6, 6.07) is 0. The van der Waals surface area contributed by atoms with Gasteiger partial charge in [-0.25, -0.2) is 4.99 Å². The van der Waals surface area contributed by atoms with Crippen LogP contribution in [-0.2, 0) is 4.79 Å². The Morgan fingerprint density at radius 3 is 2.40 bits per heavy atom. The SMILES string of the molecule is CN=C=C1C=CC(=O)C=C1. The number of aliphatic imine (C=N–C) groups is 1. The van der Waals surface area contributed by atoms with Crippen LogP contribution in [0.4, 0.5) is 0 Å². The van der Waals surface area contributed by atoms with Gasteiger partial charge in [0.05, 0.1) is 0 Å². The normalized spacial score (nSPS) is 15.3. The van der Waals surface area contributed by atoms with Crippen molar-refractivity contribution in [2.75, 3.05) is 7.05 Å². The fourth-order valence-electron chi connectivity index (χ4n) is 0.659. The zero-order chi connectivity index (χ0) is 7.40.